The average Bonchev–Trinajstić information content (AvgIpc) is 1.92. The van der Waals surface area contributed by atoms with Gasteiger partial charge in [-0.25, -0.2) is 0 Å². The third-order valence-electron chi connectivity index (χ3n) is 1.95. The summed E-state index contributed by atoms with van der Waals surface area (Å²) in [6.45, 7) is 0. The van der Waals surface area contributed by atoms with E-state index in [2.05, 4.69) is 15.9 Å². The Kier molecular flexibility index (Phi) is 2.83. The molecule has 0 aromatic carbocycles. The first-order valence-electron chi connectivity index (χ1n) is 3.59. The normalized spacial score (nSPS) is 31.6. The molecule has 0 unspecified atom stereocenters. The lowest BCUT2D eigenvalue weighted by Gasteiger charge is -2.26. The highest BCUT2D eigenvalue weighted by atomic mass is 79.9. The number of allylic oxidation sites excluding steroid dienone is 1. The molecule has 0 aliphatic heterocycles. The second-order valence-electron chi connectivity index (χ2n) is 2.91. The Hall–Kier alpha value is -0.0300. The fraction of sp³-hybridized carbons (Fsp3) is 0.714. The smallest absolute Gasteiger partial charge is 0.324 e. The standard InChI is InChI=1S/C7H9BrF3N/c8-5-2-1-4(3-6(5)12)7(9,10)11/h2,4,6H,1,3,12H2/t4-,6-/m1/s1. The van der Waals surface area contributed by atoms with Gasteiger partial charge >= 0.3 is 6.18 Å². The van der Waals surface area contributed by atoms with E-state index in [0.717, 1.165) is 0 Å². The van der Waals surface area contributed by atoms with Crippen LogP contribution >= 0.6 is 15.9 Å². The van der Waals surface area contributed by atoms with Crippen LogP contribution in [-0.4, -0.2) is 12.2 Å². The SMILES string of the molecule is N[C@@H]1C[C@H](C(F)(F)F)CC=C1Br. The molecule has 5 heteroatoms. The lowest BCUT2D eigenvalue weighted by molar-refractivity contribution is -0.176. The van der Waals surface area contributed by atoms with Crippen molar-refractivity contribution in [3.8, 4) is 0 Å². The first-order chi connectivity index (χ1) is 5.41. The van der Waals surface area contributed by atoms with Crippen molar-refractivity contribution in [2.24, 2.45) is 11.7 Å². The molecule has 0 amide bonds. The van der Waals surface area contributed by atoms with Gasteiger partial charge in [0.2, 0.25) is 0 Å². The third kappa shape index (κ3) is 2.23. The van der Waals surface area contributed by atoms with E-state index in [1.165, 1.54) is 6.08 Å². The summed E-state index contributed by atoms with van der Waals surface area (Å²) in [5, 5.41) is 0. The van der Waals surface area contributed by atoms with Crippen LogP contribution in [0.4, 0.5) is 13.2 Å². The molecule has 70 valence electrons. The second-order valence-corrected chi connectivity index (χ2v) is 3.82. The average molecular weight is 244 g/mol. The monoisotopic (exact) mass is 243 g/mol. The molecule has 0 heterocycles. The van der Waals surface area contributed by atoms with Crippen LogP contribution in [0.2, 0.25) is 0 Å². The van der Waals surface area contributed by atoms with Crippen LogP contribution < -0.4 is 5.73 Å². The summed E-state index contributed by atoms with van der Waals surface area (Å²) in [7, 11) is 0. The third-order valence-corrected chi connectivity index (χ3v) is 2.86. The molecule has 0 spiro atoms. The minimum Gasteiger partial charge on any atom is -0.324 e. The molecule has 0 saturated carbocycles. The Labute approximate surface area is 76.9 Å². The van der Waals surface area contributed by atoms with Gasteiger partial charge in [0.05, 0.1) is 5.92 Å². The summed E-state index contributed by atoms with van der Waals surface area (Å²) >= 11 is 3.12. The van der Waals surface area contributed by atoms with Gasteiger partial charge in [-0.1, -0.05) is 22.0 Å². The van der Waals surface area contributed by atoms with Crippen LogP contribution in [0.25, 0.3) is 0 Å². The largest absolute Gasteiger partial charge is 0.392 e. The highest BCUT2D eigenvalue weighted by Crippen LogP contribution is 2.37. The molecule has 1 aliphatic carbocycles. The van der Waals surface area contributed by atoms with E-state index < -0.39 is 18.1 Å². The van der Waals surface area contributed by atoms with Crippen molar-refractivity contribution in [2.75, 3.05) is 0 Å². The van der Waals surface area contributed by atoms with E-state index >= 15 is 0 Å². The van der Waals surface area contributed by atoms with Crippen molar-refractivity contribution < 1.29 is 13.2 Å². The summed E-state index contributed by atoms with van der Waals surface area (Å²) in [6.07, 6.45) is -2.58. The zero-order valence-electron chi connectivity index (χ0n) is 6.24. The summed E-state index contributed by atoms with van der Waals surface area (Å²) in [6, 6.07) is -0.495. The molecule has 1 aliphatic rings. The molecule has 12 heavy (non-hydrogen) atoms. The minimum atomic E-state index is -4.11. The van der Waals surface area contributed by atoms with E-state index in [0.29, 0.717) is 4.48 Å². The van der Waals surface area contributed by atoms with Gasteiger partial charge in [-0.05, 0) is 12.8 Å². The molecule has 0 fully saturated rings. The molecule has 2 atom stereocenters. The van der Waals surface area contributed by atoms with E-state index in [-0.39, 0.29) is 12.8 Å². The number of hydrogen-bond donors (Lipinski definition) is 1. The lowest BCUT2D eigenvalue weighted by Crippen LogP contribution is -2.34. The van der Waals surface area contributed by atoms with Gasteiger partial charge in [-0.3, -0.25) is 0 Å². The lowest BCUT2D eigenvalue weighted by atomic mass is 9.91. The highest BCUT2D eigenvalue weighted by molar-refractivity contribution is 9.11. The maximum absolute atomic E-state index is 12.1. The highest BCUT2D eigenvalue weighted by Gasteiger charge is 2.41. The van der Waals surface area contributed by atoms with Crippen LogP contribution in [-0.2, 0) is 0 Å². The van der Waals surface area contributed by atoms with Crippen LogP contribution in [0.3, 0.4) is 0 Å². The molecule has 0 radical (unpaired) electrons. The van der Waals surface area contributed by atoms with Gasteiger partial charge in [0.1, 0.15) is 0 Å². The van der Waals surface area contributed by atoms with E-state index in [4.69, 9.17) is 5.73 Å². The van der Waals surface area contributed by atoms with Crippen molar-refractivity contribution in [1.29, 1.82) is 0 Å². The molecule has 0 aromatic heterocycles. The van der Waals surface area contributed by atoms with Gasteiger partial charge in [-0.2, -0.15) is 13.2 Å². The first kappa shape index (κ1) is 10.1. The number of hydrogen-bond acceptors (Lipinski definition) is 1. The Morgan fingerprint density at radius 1 is 1.50 bits per heavy atom. The molecule has 0 saturated heterocycles. The van der Waals surface area contributed by atoms with Crippen LogP contribution in [0.15, 0.2) is 10.6 Å². The minimum absolute atomic E-state index is 0.0133. The van der Waals surface area contributed by atoms with E-state index in [1.54, 1.807) is 0 Å². The Bertz CT molecular complexity index is 199. The number of nitrogens with two attached hydrogens (primary N) is 1. The van der Waals surface area contributed by atoms with Crippen molar-refractivity contribution >= 4 is 15.9 Å². The fourth-order valence-corrected chi connectivity index (χ4v) is 1.56. The van der Waals surface area contributed by atoms with Crippen molar-refractivity contribution in [1.82, 2.24) is 0 Å². The number of alkyl halides is 3. The first-order valence-corrected chi connectivity index (χ1v) is 4.38. The van der Waals surface area contributed by atoms with Crippen LogP contribution in [0, 0.1) is 5.92 Å². The summed E-state index contributed by atoms with van der Waals surface area (Å²) in [5.41, 5.74) is 5.45. The quantitative estimate of drug-likeness (QED) is 0.696. The van der Waals surface area contributed by atoms with E-state index in [9.17, 15) is 13.2 Å². The molecule has 2 N–H and O–H groups in total. The molecular weight excluding hydrogens is 235 g/mol. The maximum atomic E-state index is 12.1. The molecule has 1 nitrogen and oxygen atoms in total. The zero-order chi connectivity index (χ0) is 9.35. The predicted octanol–water partition coefficient (Wildman–Crippen LogP) is 2.56. The molecular formula is C7H9BrF3N. The predicted molar refractivity (Wildman–Crippen MR) is 43.8 cm³/mol. The molecule has 1 rings (SSSR count). The maximum Gasteiger partial charge on any atom is 0.392 e. The van der Waals surface area contributed by atoms with E-state index in [1.807, 2.05) is 0 Å². The van der Waals surface area contributed by atoms with Gasteiger partial charge in [-0.15, -0.1) is 0 Å². The Morgan fingerprint density at radius 2 is 2.08 bits per heavy atom. The molecule has 0 bridgehead atoms. The van der Waals surface area contributed by atoms with Crippen molar-refractivity contribution in [3.05, 3.63) is 10.6 Å². The summed E-state index contributed by atoms with van der Waals surface area (Å²) in [4.78, 5) is 0. The van der Waals surface area contributed by atoms with Gasteiger partial charge < -0.3 is 5.73 Å². The molecule has 0 aromatic rings. The number of halogens is 4. The van der Waals surface area contributed by atoms with Gasteiger partial charge in [0.25, 0.3) is 0 Å². The van der Waals surface area contributed by atoms with Crippen LogP contribution in [0.1, 0.15) is 12.8 Å². The Morgan fingerprint density at radius 3 is 2.50 bits per heavy atom. The van der Waals surface area contributed by atoms with Gasteiger partial charge in [0.15, 0.2) is 0 Å². The summed E-state index contributed by atoms with van der Waals surface area (Å²) < 4.78 is 37.1. The Balaban J connectivity index is 2.65. The fourth-order valence-electron chi connectivity index (χ4n) is 1.19. The van der Waals surface area contributed by atoms with Crippen LogP contribution in [0.5, 0.6) is 0 Å². The second kappa shape index (κ2) is 3.38. The zero-order valence-corrected chi connectivity index (χ0v) is 7.82. The topological polar surface area (TPSA) is 26.0 Å². The summed E-state index contributed by atoms with van der Waals surface area (Å²) in [5.74, 6) is -1.27. The van der Waals surface area contributed by atoms with Crippen molar-refractivity contribution in [3.63, 3.8) is 0 Å². The van der Waals surface area contributed by atoms with Crippen molar-refractivity contribution in [2.45, 2.75) is 25.1 Å². The van der Waals surface area contributed by atoms with Gasteiger partial charge in [0, 0.05) is 10.5 Å². The number of rotatable bonds is 0.